The highest BCUT2D eigenvalue weighted by atomic mass is 16.5. The van der Waals surface area contributed by atoms with Gasteiger partial charge in [-0.25, -0.2) is 0 Å². The van der Waals surface area contributed by atoms with Gasteiger partial charge < -0.3 is 29.3 Å². The van der Waals surface area contributed by atoms with Gasteiger partial charge in [0.05, 0.1) is 33.0 Å². The van der Waals surface area contributed by atoms with Gasteiger partial charge >= 0.3 is 0 Å². The Morgan fingerprint density at radius 1 is 1.10 bits per heavy atom. The molecule has 1 aliphatic carbocycles. The number of hydrogen-bond acceptors (Lipinski definition) is 5. The predicted octanol–water partition coefficient (Wildman–Crippen LogP) is -1.20. The fourth-order valence-electron chi connectivity index (χ4n) is 4.33. The van der Waals surface area contributed by atoms with Crippen molar-refractivity contribution in [2.45, 2.75) is 31.8 Å². The molecule has 1 saturated carbocycles. The molecule has 1 aliphatic heterocycles. The Kier molecular flexibility index (Phi) is 7.06. The topological polar surface area (TPSA) is 89.5 Å². The molecule has 8 nitrogen and oxygen atoms in total. The van der Waals surface area contributed by atoms with E-state index >= 15 is 0 Å². The van der Waals surface area contributed by atoms with E-state index in [-0.39, 0.29) is 5.91 Å². The number of methoxy groups -OCH3 is 3. The molecule has 2 fully saturated rings. The summed E-state index contributed by atoms with van der Waals surface area (Å²) in [4.78, 5) is 15.2. The molecular weight excluding hydrogens is 384 g/mol. The molecule has 0 radical (unpaired) electrons. The molecule has 2 aliphatic rings. The SMILES string of the molecule is COc1ccc(C[NH+]2CC[NH+](CC(=O)N[C@@](C)(C#N)C3CC3)CC2)c(OC)c1OC. The highest BCUT2D eigenvalue weighted by Crippen LogP contribution is 2.40. The third-order valence-corrected chi connectivity index (χ3v) is 6.33. The monoisotopic (exact) mass is 418 g/mol. The van der Waals surface area contributed by atoms with Crippen LogP contribution >= 0.6 is 0 Å². The van der Waals surface area contributed by atoms with Crippen LogP contribution in [0.3, 0.4) is 0 Å². The summed E-state index contributed by atoms with van der Waals surface area (Å²) in [7, 11) is 4.88. The zero-order chi connectivity index (χ0) is 21.7. The molecule has 0 aromatic heterocycles. The van der Waals surface area contributed by atoms with E-state index in [1.54, 1.807) is 21.3 Å². The number of ether oxygens (including phenoxy) is 3. The molecule has 164 valence electrons. The summed E-state index contributed by atoms with van der Waals surface area (Å²) >= 11 is 0. The number of nitrogens with zero attached hydrogens (tertiary/aromatic N) is 1. The number of nitrogens with one attached hydrogen (secondary N) is 3. The number of hydrogen-bond donors (Lipinski definition) is 3. The van der Waals surface area contributed by atoms with Gasteiger partial charge in [-0.3, -0.25) is 4.79 Å². The van der Waals surface area contributed by atoms with Gasteiger partial charge in [0.15, 0.2) is 18.0 Å². The molecule has 1 heterocycles. The van der Waals surface area contributed by atoms with Crippen molar-refractivity contribution < 1.29 is 28.8 Å². The van der Waals surface area contributed by atoms with Crippen molar-refractivity contribution in [3.05, 3.63) is 17.7 Å². The van der Waals surface area contributed by atoms with E-state index in [9.17, 15) is 10.1 Å². The highest BCUT2D eigenvalue weighted by Gasteiger charge is 2.43. The minimum absolute atomic E-state index is 0.0223. The summed E-state index contributed by atoms with van der Waals surface area (Å²) in [5.41, 5.74) is 0.369. The van der Waals surface area contributed by atoms with Gasteiger partial charge in [-0.2, -0.15) is 5.26 Å². The maximum absolute atomic E-state index is 12.5. The lowest BCUT2D eigenvalue weighted by Crippen LogP contribution is -3.28. The van der Waals surface area contributed by atoms with Crippen molar-refractivity contribution in [1.29, 1.82) is 5.26 Å². The van der Waals surface area contributed by atoms with Crippen molar-refractivity contribution in [2.24, 2.45) is 5.92 Å². The Morgan fingerprint density at radius 2 is 1.73 bits per heavy atom. The summed E-state index contributed by atoms with van der Waals surface area (Å²) < 4.78 is 16.5. The van der Waals surface area contributed by atoms with Crippen LogP contribution in [0.4, 0.5) is 0 Å². The third-order valence-electron chi connectivity index (χ3n) is 6.33. The lowest BCUT2D eigenvalue weighted by molar-refractivity contribution is -1.02. The van der Waals surface area contributed by atoms with Gasteiger partial charge in [0, 0.05) is 0 Å². The van der Waals surface area contributed by atoms with Crippen LogP contribution in [0.15, 0.2) is 12.1 Å². The molecule has 1 atom stereocenters. The first-order valence-corrected chi connectivity index (χ1v) is 10.6. The molecule has 0 bridgehead atoms. The Labute approximate surface area is 178 Å². The number of benzene rings is 1. The average molecular weight is 419 g/mol. The van der Waals surface area contributed by atoms with Crippen LogP contribution in [0, 0.1) is 17.2 Å². The molecule has 1 aromatic rings. The van der Waals surface area contributed by atoms with E-state index in [2.05, 4.69) is 11.4 Å². The maximum atomic E-state index is 12.5. The molecule has 3 N–H and O–H groups in total. The zero-order valence-electron chi connectivity index (χ0n) is 18.5. The molecule has 8 heteroatoms. The molecule has 1 aromatic carbocycles. The Morgan fingerprint density at radius 3 is 2.27 bits per heavy atom. The molecule has 3 rings (SSSR count). The maximum Gasteiger partial charge on any atom is 0.276 e. The Bertz CT molecular complexity index is 797. The Hall–Kier alpha value is -2.50. The van der Waals surface area contributed by atoms with E-state index in [1.807, 2.05) is 19.1 Å². The average Bonchev–Trinajstić information content (AvgIpc) is 3.60. The van der Waals surface area contributed by atoms with Gasteiger partial charge in [-0.15, -0.1) is 0 Å². The van der Waals surface area contributed by atoms with Gasteiger partial charge in [-0.05, 0) is 37.8 Å². The molecule has 1 amide bonds. The number of piperazine rings is 1. The zero-order valence-corrected chi connectivity index (χ0v) is 18.5. The van der Waals surface area contributed by atoms with Gasteiger partial charge in [0.2, 0.25) is 5.75 Å². The minimum Gasteiger partial charge on any atom is -0.493 e. The van der Waals surface area contributed by atoms with Crippen molar-refractivity contribution in [1.82, 2.24) is 5.32 Å². The van der Waals surface area contributed by atoms with Crippen LogP contribution in [-0.2, 0) is 11.3 Å². The smallest absolute Gasteiger partial charge is 0.276 e. The first-order chi connectivity index (χ1) is 14.4. The summed E-state index contributed by atoms with van der Waals surface area (Å²) in [5.74, 6) is 2.28. The standard InChI is InChI=1S/C22H32N4O4/c1-22(15-23,17-6-7-17)24-19(27)14-26-11-9-25(10-12-26)13-16-5-8-18(28-2)21(30-4)20(16)29-3/h5,8,17H,6-7,9-14H2,1-4H3,(H,24,27)/p+2/t22-/m0/s1. The van der Waals surface area contributed by atoms with Crippen LogP contribution in [0.25, 0.3) is 0 Å². The van der Waals surface area contributed by atoms with Crippen LogP contribution in [0.2, 0.25) is 0 Å². The summed E-state index contributed by atoms with van der Waals surface area (Å²) in [5, 5.41) is 12.4. The van der Waals surface area contributed by atoms with Crippen LogP contribution in [0.1, 0.15) is 25.3 Å². The first kappa shape index (κ1) is 22.2. The summed E-state index contributed by atoms with van der Waals surface area (Å²) in [6.07, 6.45) is 2.05. The van der Waals surface area contributed by atoms with Crippen molar-refractivity contribution >= 4 is 5.91 Å². The molecule has 0 spiro atoms. The third kappa shape index (κ3) is 4.97. The normalized spacial score (nSPS) is 23.0. The second-order valence-corrected chi connectivity index (χ2v) is 8.48. The number of carbonyl (C=O) groups excluding carboxylic acids is 1. The van der Waals surface area contributed by atoms with Gasteiger partial charge in [0.25, 0.3) is 5.91 Å². The number of rotatable bonds is 9. The van der Waals surface area contributed by atoms with E-state index in [0.717, 1.165) is 56.9 Å². The lowest BCUT2D eigenvalue weighted by atomic mass is 9.98. The van der Waals surface area contributed by atoms with Gasteiger partial charge in [0.1, 0.15) is 38.3 Å². The van der Waals surface area contributed by atoms with E-state index in [1.165, 1.54) is 9.80 Å². The predicted molar refractivity (Wildman–Crippen MR) is 111 cm³/mol. The van der Waals surface area contributed by atoms with Crippen molar-refractivity contribution in [3.8, 4) is 23.3 Å². The fraction of sp³-hybridized carbons (Fsp3) is 0.636. The summed E-state index contributed by atoms with van der Waals surface area (Å²) in [6.45, 7) is 6.89. The van der Waals surface area contributed by atoms with Crippen LogP contribution in [-0.4, -0.2) is 65.5 Å². The lowest BCUT2D eigenvalue weighted by Gasteiger charge is -2.31. The number of quaternary nitrogens is 2. The molecule has 30 heavy (non-hydrogen) atoms. The van der Waals surface area contributed by atoms with E-state index in [4.69, 9.17) is 14.2 Å². The molecule has 1 saturated heterocycles. The Balaban J connectivity index is 1.52. The number of nitriles is 1. The first-order valence-electron chi connectivity index (χ1n) is 10.6. The number of amides is 1. The fourth-order valence-corrected chi connectivity index (χ4v) is 4.33. The highest BCUT2D eigenvalue weighted by molar-refractivity contribution is 5.78. The largest absolute Gasteiger partial charge is 0.493 e. The minimum atomic E-state index is -0.715. The van der Waals surface area contributed by atoms with Crippen LogP contribution in [0.5, 0.6) is 17.2 Å². The second-order valence-electron chi connectivity index (χ2n) is 8.48. The van der Waals surface area contributed by atoms with E-state index in [0.29, 0.717) is 24.0 Å². The van der Waals surface area contributed by atoms with E-state index < -0.39 is 5.54 Å². The number of carbonyl (C=O) groups is 1. The van der Waals surface area contributed by atoms with Crippen molar-refractivity contribution in [3.63, 3.8) is 0 Å². The molecule has 0 unspecified atom stereocenters. The van der Waals surface area contributed by atoms with Crippen LogP contribution < -0.4 is 29.3 Å². The quantitative estimate of drug-likeness (QED) is 0.469. The van der Waals surface area contributed by atoms with Gasteiger partial charge in [-0.1, -0.05) is 0 Å². The second kappa shape index (κ2) is 9.54. The summed E-state index contributed by atoms with van der Waals surface area (Å²) in [6, 6.07) is 6.23. The molecular formula is C22H34N4O4+2. The van der Waals surface area contributed by atoms with Crippen molar-refractivity contribution in [2.75, 3.05) is 54.1 Å².